The van der Waals surface area contributed by atoms with E-state index in [0.717, 1.165) is 5.56 Å². The molecule has 3 aromatic rings. The number of hydrogen-bond acceptors (Lipinski definition) is 7. The van der Waals surface area contributed by atoms with Crippen molar-refractivity contribution in [2.75, 3.05) is 0 Å². The molecule has 1 aromatic carbocycles. The van der Waals surface area contributed by atoms with Gasteiger partial charge in [0.1, 0.15) is 17.1 Å². The van der Waals surface area contributed by atoms with E-state index in [1.54, 1.807) is 48.5 Å². The first-order valence-corrected chi connectivity index (χ1v) is 7.23. The molecule has 0 aliphatic heterocycles. The van der Waals surface area contributed by atoms with Crippen molar-refractivity contribution >= 4 is 12.1 Å². The largest absolute Gasteiger partial charge is 0.441 e. The van der Waals surface area contributed by atoms with Crippen LogP contribution in [0.2, 0.25) is 0 Å². The number of nitrogens with two attached hydrogens (primary N) is 1. The quantitative estimate of drug-likeness (QED) is 0.560. The average Bonchev–Trinajstić information content (AvgIpc) is 3.10. The average molecular weight is 339 g/mol. The molecule has 0 unspecified atom stereocenters. The molecule has 0 aliphatic carbocycles. The van der Waals surface area contributed by atoms with Crippen LogP contribution in [0.3, 0.4) is 0 Å². The zero-order valence-electron chi connectivity index (χ0n) is 12.9. The second-order valence-corrected chi connectivity index (χ2v) is 4.92. The Balaban J connectivity index is 1.66. The van der Waals surface area contributed by atoms with Crippen molar-refractivity contribution in [1.29, 1.82) is 0 Å². The molecule has 126 valence electrons. The van der Waals surface area contributed by atoms with Crippen LogP contribution in [0.15, 0.2) is 59.3 Å². The third-order valence-corrected chi connectivity index (χ3v) is 3.15. The molecule has 0 atom stereocenters. The Morgan fingerprint density at radius 3 is 2.60 bits per heavy atom. The summed E-state index contributed by atoms with van der Waals surface area (Å²) >= 11 is 0. The van der Waals surface area contributed by atoms with Gasteiger partial charge in [-0.15, -0.1) is 0 Å². The van der Waals surface area contributed by atoms with Crippen molar-refractivity contribution in [2.45, 2.75) is 6.61 Å². The zero-order chi connectivity index (χ0) is 17.6. The number of pyridine rings is 1. The lowest BCUT2D eigenvalue weighted by Gasteiger charge is -2.04. The van der Waals surface area contributed by atoms with E-state index in [1.807, 2.05) is 0 Å². The minimum Gasteiger partial charge on any atom is -0.441 e. The van der Waals surface area contributed by atoms with Gasteiger partial charge >= 0.3 is 12.1 Å². The molecule has 0 aliphatic rings. The third kappa shape index (κ3) is 4.20. The van der Waals surface area contributed by atoms with Crippen molar-refractivity contribution in [1.82, 2.24) is 10.1 Å². The Kier molecular flexibility index (Phi) is 4.70. The molecule has 0 saturated carbocycles. The Morgan fingerprint density at radius 1 is 1.12 bits per heavy atom. The van der Waals surface area contributed by atoms with Crippen molar-refractivity contribution in [3.63, 3.8) is 0 Å². The Labute approximate surface area is 142 Å². The molecule has 0 bridgehead atoms. The van der Waals surface area contributed by atoms with E-state index in [1.165, 1.54) is 6.20 Å². The van der Waals surface area contributed by atoms with E-state index in [-0.39, 0.29) is 12.3 Å². The number of nitrogens with zero attached hydrogens (tertiary/aromatic N) is 2. The van der Waals surface area contributed by atoms with Crippen molar-refractivity contribution in [3.8, 4) is 17.0 Å². The van der Waals surface area contributed by atoms with Gasteiger partial charge in [-0.25, -0.2) is 14.6 Å². The van der Waals surface area contributed by atoms with Crippen LogP contribution in [0.1, 0.15) is 16.2 Å². The predicted molar refractivity (Wildman–Crippen MR) is 85.5 cm³/mol. The van der Waals surface area contributed by atoms with Crippen LogP contribution in [0, 0.1) is 0 Å². The number of rotatable bonds is 5. The van der Waals surface area contributed by atoms with Crippen LogP contribution in [0.4, 0.5) is 4.79 Å². The van der Waals surface area contributed by atoms with E-state index in [4.69, 9.17) is 15.0 Å². The zero-order valence-corrected chi connectivity index (χ0v) is 12.9. The molecule has 3 rings (SSSR count). The highest BCUT2D eigenvalue weighted by Crippen LogP contribution is 2.23. The number of benzene rings is 1. The standard InChI is InChI=1S/C17H13N3O5/c18-17(22)23-10-13-9-15(20-25-13)11-4-6-12(7-5-11)24-16(21)14-3-1-2-8-19-14/h1-9H,10H2,(H2,18,22). The van der Waals surface area contributed by atoms with Crippen LogP contribution in [-0.2, 0) is 11.3 Å². The van der Waals surface area contributed by atoms with Gasteiger partial charge < -0.3 is 19.7 Å². The lowest BCUT2D eigenvalue weighted by atomic mass is 10.1. The minimum absolute atomic E-state index is 0.0951. The van der Waals surface area contributed by atoms with Gasteiger partial charge in [0.15, 0.2) is 12.4 Å². The summed E-state index contributed by atoms with van der Waals surface area (Å²) in [5, 5.41) is 3.88. The van der Waals surface area contributed by atoms with Gasteiger partial charge in [0, 0.05) is 17.8 Å². The first kappa shape index (κ1) is 16.2. The number of carbonyl (C=O) groups is 2. The summed E-state index contributed by atoms with van der Waals surface area (Å²) in [4.78, 5) is 26.4. The number of primary amides is 1. The van der Waals surface area contributed by atoms with Gasteiger partial charge in [0.2, 0.25) is 0 Å². The molecule has 0 saturated heterocycles. The predicted octanol–water partition coefficient (Wildman–Crippen LogP) is 2.55. The van der Waals surface area contributed by atoms with Crippen molar-refractivity contribution in [2.24, 2.45) is 5.73 Å². The summed E-state index contributed by atoms with van der Waals surface area (Å²) in [5.41, 5.74) is 6.40. The van der Waals surface area contributed by atoms with Gasteiger partial charge in [-0.3, -0.25) is 0 Å². The number of aromatic nitrogens is 2. The SMILES string of the molecule is NC(=O)OCc1cc(-c2ccc(OC(=O)c3ccccn3)cc2)no1. The molecular formula is C17H13N3O5. The summed E-state index contributed by atoms with van der Waals surface area (Å²) in [6.45, 7) is -0.0951. The van der Waals surface area contributed by atoms with E-state index in [0.29, 0.717) is 17.2 Å². The maximum Gasteiger partial charge on any atom is 0.404 e. The smallest absolute Gasteiger partial charge is 0.404 e. The fraction of sp³-hybridized carbons (Fsp3) is 0.0588. The second-order valence-electron chi connectivity index (χ2n) is 4.92. The fourth-order valence-corrected chi connectivity index (χ4v) is 2.00. The van der Waals surface area contributed by atoms with E-state index in [2.05, 4.69) is 14.9 Å². The topological polar surface area (TPSA) is 118 Å². The number of amides is 1. The van der Waals surface area contributed by atoms with E-state index in [9.17, 15) is 9.59 Å². The molecule has 8 heteroatoms. The molecular weight excluding hydrogens is 326 g/mol. The number of ether oxygens (including phenoxy) is 2. The van der Waals surface area contributed by atoms with Crippen molar-refractivity contribution < 1.29 is 23.6 Å². The lowest BCUT2D eigenvalue weighted by Crippen LogP contribution is -2.12. The fourth-order valence-electron chi connectivity index (χ4n) is 2.00. The maximum absolute atomic E-state index is 11.9. The van der Waals surface area contributed by atoms with Gasteiger partial charge in [0.25, 0.3) is 0 Å². The summed E-state index contributed by atoms with van der Waals surface area (Å²) in [7, 11) is 0. The summed E-state index contributed by atoms with van der Waals surface area (Å²) < 4.78 is 14.9. The molecule has 1 amide bonds. The summed E-state index contributed by atoms with van der Waals surface area (Å²) in [5.74, 6) is 0.195. The second kappa shape index (κ2) is 7.26. The molecule has 2 N–H and O–H groups in total. The summed E-state index contributed by atoms with van der Waals surface area (Å²) in [6, 6.07) is 13.3. The van der Waals surface area contributed by atoms with Crippen molar-refractivity contribution in [3.05, 3.63) is 66.2 Å². The van der Waals surface area contributed by atoms with E-state index < -0.39 is 12.1 Å². The van der Waals surface area contributed by atoms with Crippen LogP contribution in [-0.4, -0.2) is 22.2 Å². The first-order valence-electron chi connectivity index (χ1n) is 7.23. The molecule has 2 aromatic heterocycles. The van der Waals surface area contributed by atoms with Crippen LogP contribution < -0.4 is 10.5 Å². The van der Waals surface area contributed by atoms with Gasteiger partial charge in [-0.2, -0.15) is 0 Å². The summed E-state index contributed by atoms with van der Waals surface area (Å²) in [6.07, 6.45) is 0.626. The third-order valence-electron chi connectivity index (χ3n) is 3.15. The normalized spacial score (nSPS) is 10.2. The molecule has 0 spiro atoms. The van der Waals surface area contributed by atoms with E-state index >= 15 is 0 Å². The Morgan fingerprint density at radius 2 is 1.92 bits per heavy atom. The Bertz CT molecular complexity index is 875. The number of carbonyl (C=O) groups excluding carboxylic acids is 2. The van der Waals surface area contributed by atoms with Crippen LogP contribution in [0.25, 0.3) is 11.3 Å². The molecule has 8 nitrogen and oxygen atoms in total. The molecule has 0 radical (unpaired) electrons. The first-order chi connectivity index (χ1) is 12.1. The minimum atomic E-state index is -0.892. The monoisotopic (exact) mass is 339 g/mol. The highest BCUT2D eigenvalue weighted by atomic mass is 16.6. The molecule has 0 fully saturated rings. The molecule has 25 heavy (non-hydrogen) atoms. The number of hydrogen-bond donors (Lipinski definition) is 1. The highest BCUT2D eigenvalue weighted by molar-refractivity contribution is 5.88. The maximum atomic E-state index is 11.9. The number of esters is 1. The van der Waals surface area contributed by atoms with Gasteiger partial charge in [0.05, 0.1) is 0 Å². The molecule has 2 heterocycles. The Hall–Kier alpha value is -3.68. The van der Waals surface area contributed by atoms with Gasteiger partial charge in [-0.05, 0) is 36.4 Å². The van der Waals surface area contributed by atoms with Crippen LogP contribution in [0.5, 0.6) is 5.75 Å². The van der Waals surface area contributed by atoms with Crippen LogP contribution >= 0.6 is 0 Å². The lowest BCUT2D eigenvalue weighted by molar-refractivity contribution is 0.0728. The van der Waals surface area contributed by atoms with Gasteiger partial charge in [-0.1, -0.05) is 11.2 Å². The highest BCUT2D eigenvalue weighted by Gasteiger charge is 2.11.